The first kappa shape index (κ1) is 11.2. The highest BCUT2D eigenvalue weighted by atomic mass is 16.5. The summed E-state index contributed by atoms with van der Waals surface area (Å²) in [6.45, 7) is 2.12. The lowest BCUT2D eigenvalue weighted by Gasteiger charge is -2.23. The highest BCUT2D eigenvalue weighted by molar-refractivity contribution is 5.12. The van der Waals surface area contributed by atoms with Gasteiger partial charge in [-0.25, -0.2) is 0 Å². The summed E-state index contributed by atoms with van der Waals surface area (Å²) in [6.07, 6.45) is 5.08. The number of methoxy groups -OCH3 is 1. The van der Waals surface area contributed by atoms with Gasteiger partial charge in [0.05, 0.1) is 18.3 Å². The summed E-state index contributed by atoms with van der Waals surface area (Å²) in [7, 11) is 5.61. The number of hydrogen-bond donors (Lipinski definition) is 1. The molecule has 0 radical (unpaired) electrons. The Bertz CT molecular complexity index is 268. The van der Waals surface area contributed by atoms with Crippen LogP contribution in [0.2, 0.25) is 0 Å². The number of nitrogens with zero attached hydrogens (tertiary/aromatic N) is 2. The lowest BCUT2D eigenvalue weighted by molar-refractivity contribution is 0.0675. The molecule has 0 saturated carbocycles. The van der Waals surface area contributed by atoms with E-state index < -0.39 is 0 Å². The van der Waals surface area contributed by atoms with Crippen molar-refractivity contribution in [3.8, 4) is 0 Å². The molecule has 0 fully saturated rings. The third kappa shape index (κ3) is 2.33. The molecule has 0 aliphatic rings. The van der Waals surface area contributed by atoms with Crippen LogP contribution < -0.4 is 5.32 Å². The zero-order chi connectivity index (χ0) is 10.6. The highest BCUT2D eigenvalue weighted by Gasteiger charge is 2.20. The van der Waals surface area contributed by atoms with Crippen LogP contribution in [0.1, 0.15) is 24.9 Å². The number of aryl methyl sites for hydroxylation is 1. The molecule has 0 aromatic carbocycles. The van der Waals surface area contributed by atoms with E-state index in [1.54, 1.807) is 7.11 Å². The van der Waals surface area contributed by atoms with Crippen molar-refractivity contribution in [3.05, 3.63) is 18.0 Å². The summed E-state index contributed by atoms with van der Waals surface area (Å²) in [6, 6.07) is 0.221. The molecule has 1 aromatic rings. The molecule has 1 N–H and O–H groups in total. The van der Waals surface area contributed by atoms with Gasteiger partial charge < -0.3 is 10.1 Å². The summed E-state index contributed by atoms with van der Waals surface area (Å²) in [5.41, 5.74) is 1.17. The Balaban J connectivity index is 2.80. The fourth-order valence-corrected chi connectivity index (χ4v) is 1.71. The molecule has 1 heterocycles. The molecular formula is C10H19N3O. The van der Waals surface area contributed by atoms with Gasteiger partial charge in [-0.3, -0.25) is 4.68 Å². The quantitative estimate of drug-likeness (QED) is 0.768. The van der Waals surface area contributed by atoms with Gasteiger partial charge in [0, 0.05) is 25.9 Å². The Morgan fingerprint density at radius 1 is 1.64 bits per heavy atom. The van der Waals surface area contributed by atoms with Crippen molar-refractivity contribution < 1.29 is 4.74 Å². The van der Waals surface area contributed by atoms with Gasteiger partial charge in [-0.15, -0.1) is 0 Å². The molecule has 0 aliphatic carbocycles. The van der Waals surface area contributed by atoms with Crippen LogP contribution in [-0.2, 0) is 11.8 Å². The van der Waals surface area contributed by atoms with E-state index in [1.165, 1.54) is 5.56 Å². The zero-order valence-electron chi connectivity index (χ0n) is 9.32. The summed E-state index contributed by atoms with van der Waals surface area (Å²) in [5.74, 6) is 0. The maximum atomic E-state index is 5.42. The van der Waals surface area contributed by atoms with E-state index in [9.17, 15) is 0 Å². The second-order valence-corrected chi connectivity index (χ2v) is 3.40. The van der Waals surface area contributed by atoms with Crippen molar-refractivity contribution in [3.63, 3.8) is 0 Å². The Kier molecular flexibility index (Phi) is 4.10. The largest absolute Gasteiger partial charge is 0.379 e. The molecular weight excluding hydrogens is 178 g/mol. The van der Waals surface area contributed by atoms with Crippen LogP contribution in [0.15, 0.2) is 12.4 Å². The average molecular weight is 197 g/mol. The molecule has 2 unspecified atom stereocenters. The molecule has 0 saturated heterocycles. The first-order valence-corrected chi connectivity index (χ1v) is 4.91. The number of nitrogens with one attached hydrogen (secondary N) is 1. The topological polar surface area (TPSA) is 39.1 Å². The van der Waals surface area contributed by atoms with E-state index in [2.05, 4.69) is 17.3 Å². The standard InChI is InChI=1S/C10H19N3O/c1-5-9(14-4)10(11-2)8-6-12-13(3)7-8/h6-7,9-11H,5H2,1-4H3. The third-order valence-corrected chi connectivity index (χ3v) is 2.47. The van der Waals surface area contributed by atoms with Gasteiger partial charge >= 0.3 is 0 Å². The maximum absolute atomic E-state index is 5.42. The third-order valence-electron chi connectivity index (χ3n) is 2.47. The summed E-state index contributed by atoms with van der Waals surface area (Å²) < 4.78 is 7.22. The van der Waals surface area contributed by atoms with Gasteiger partial charge in [0.1, 0.15) is 0 Å². The summed E-state index contributed by atoms with van der Waals surface area (Å²) >= 11 is 0. The number of hydrogen-bond acceptors (Lipinski definition) is 3. The molecule has 80 valence electrons. The van der Waals surface area contributed by atoms with Gasteiger partial charge in [-0.2, -0.15) is 5.10 Å². The molecule has 2 atom stereocenters. The second-order valence-electron chi connectivity index (χ2n) is 3.40. The molecule has 0 amide bonds. The van der Waals surface area contributed by atoms with Crippen LogP contribution in [-0.4, -0.2) is 30.0 Å². The minimum absolute atomic E-state index is 0.198. The average Bonchev–Trinajstić information content (AvgIpc) is 2.60. The fourth-order valence-electron chi connectivity index (χ4n) is 1.71. The molecule has 4 nitrogen and oxygen atoms in total. The predicted molar refractivity (Wildman–Crippen MR) is 56.1 cm³/mol. The number of aromatic nitrogens is 2. The van der Waals surface area contributed by atoms with Crippen molar-refractivity contribution in [2.45, 2.75) is 25.5 Å². The van der Waals surface area contributed by atoms with Crippen LogP contribution >= 0.6 is 0 Å². The summed E-state index contributed by atoms with van der Waals surface area (Å²) in [4.78, 5) is 0. The van der Waals surface area contributed by atoms with Gasteiger partial charge in [-0.1, -0.05) is 6.92 Å². The number of rotatable bonds is 5. The monoisotopic (exact) mass is 197 g/mol. The van der Waals surface area contributed by atoms with E-state index in [1.807, 2.05) is 31.2 Å². The second kappa shape index (κ2) is 5.12. The lowest BCUT2D eigenvalue weighted by Crippen LogP contribution is -2.30. The first-order chi connectivity index (χ1) is 6.72. The molecule has 0 bridgehead atoms. The SMILES string of the molecule is CCC(OC)C(NC)c1cnn(C)c1. The van der Waals surface area contributed by atoms with Crippen LogP contribution in [0.25, 0.3) is 0 Å². The van der Waals surface area contributed by atoms with Crippen molar-refractivity contribution >= 4 is 0 Å². The molecule has 1 rings (SSSR count). The van der Waals surface area contributed by atoms with Gasteiger partial charge in [0.25, 0.3) is 0 Å². The molecule has 14 heavy (non-hydrogen) atoms. The van der Waals surface area contributed by atoms with Crippen LogP contribution in [0, 0.1) is 0 Å². The van der Waals surface area contributed by atoms with E-state index >= 15 is 0 Å². The van der Waals surface area contributed by atoms with Crippen LogP contribution in [0.3, 0.4) is 0 Å². The van der Waals surface area contributed by atoms with Crippen molar-refractivity contribution in [2.24, 2.45) is 7.05 Å². The minimum Gasteiger partial charge on any atom is -0.379 e. The lowest BCUT2D eigenvalue weighted by atomic mass is 10.0. The van der Waals surface area contributed by atoms with Crippen LogP contribution in [0.5, 0.6) is 0 Å². The molecule has 1 aromatic heterocycles. The van der Waals surface area contributed by atoms with Crippen molar-refractivity contribution in [1.82, 2.24) is 15.1 Å². The van der Waals surface area contributed by atoms with Crippen molar-refractivity contribution in [2.75, 3.05) is 14.2 Å². The molecule has 4 heteroatoms. The molecule has 0 aliphatic heterocycles. The van der Waals surface area contributed by atoms with E-state index in [0.717, 1.165) is 6.42 Å². The normalized spacial score (nSPS) is 15.4. The number of ether oxygens (including phenoxy) is 1. The van der Waals surface area contributed by atoms with E-state index in [0.29, 0.717) is 0 Å². The van der Waals surface area contributed by atoms with E-state index in [4.69, 9.17) is 4.74 Å². The first-order valence-electron chi connectivity index (χ1n) is 4.91. The molecule has 0 spiro atoms. The number of likely N-dealkylation sites (N-methyl/N-ethyl adjacent to an activating group) is 1. The fraction of sp³-hybridized carbons (Fsp3) is 0.700. The Morgan fingerprint density at radius 2 is 2.36 bits per heavy atom. The highest BCUT2D eigenvalue weighted by Crippen LogP contribution is 2.19. The summed E-state index contributed by atoms with van der Waals surface area (Å²) in [5, 5.41) is 7.41. The van der Waals surface area contributed by atoms with E-state index in [-0.39, 0.29) is 12.1 Å². The smallest absolute Gasteiger partial charge is 0.0764 e. The Morgan fingerprint density at radius 3 is 2.71 bits per heavy atom. The van der Waals surface area contributed by atoms with Gasteiger partial charge in [0.15, 0.2) is 0 Å². The Labute approximate surface area is 85.3 Å². The van der Waals surface area contributed by atoms with Crippen molar-refractivity contribution in [1.29, 1.82) is 0 Å². The van der Waals surface area contributed by atoms with Crippen LogP contribution in [0.4, 0.5) is 0 Å². The Hall–Kier alpha value is -0.870. The maximum Gasteiger partial charge on any atom is 0.0764 e. The predicted octanol–water partition coefficient (Wildman–Crippen LogP) is 1.11. The minimum atomic E-state index is 0.198. The van der Waals surface area contributed by atoms with Gasteiger partial charge in [0.2, 0.25) is 0 Å². The van der Waals surface area contributed by atoms with Gasteiger partial charge in [-0.05, 0) is 13.5 Å². The zero-order valence-corrected chi connectivity index (χ0v) is 9.32.